The minimum Gasteiger partial charge on any atom is -0.342 e. The molecule has 2 fully saturated rings. The fourth-order valence-corrected chi connectivity index (χ4v) is 7.49. The Morgan fingerprint density at radius 1 is 1.07 bits per heavy atom. The molecule has 9 heteroatoms. The molecule has 0 spiro atoms. The highest BCUT2D eigenvalue weighted by atomic mass is 32.2. The van der Waals surface area contributed by atoms with Crippen molar-refractivity contribution in [1.82, 2.24) is 14.7 Å². The number of para-hydroxylation sites is 1. The van der Waals surface area contributed by atoms with Gasteiger partial charge in [0.05, 0.1) is 5.25 Å². The first-order valence-electron chi connectivity index (χ1n) is 14.4. The first kappa shape index (κ1) is 28.5. The summed E-state index contributed by atoms with van der Waals surface area (Å²) in [5, 5.41) is 2.26. The number of benzene rings is 2. The van der Waals surface area contributed by atoms with Gasteiger partial charge in [0.25, 0.3) is 0 Å². The lowest BCUT2D eigenvalue weighted by Crippen LogP contribution is -2.50. The van der Waals surface area contributed by atoms with Gasteiger partial charge in [0.15, 0.2) is 0 Å². The molecule has 3 aliphatic heterocycles. The minimum absolute atomic E-state index is 0.0301. The van der Waals surface area contributed by atoms with E-state index in [2.05, 4.69) is 19.2 Å². The molecule has 0 radical (unpaired) electrons. The molecule has 7 nitrogen and oxygen atoms in total. The quantitative estimate of drug-likeness (QED) is 0.474. The second-order valence-corrected chi connectivity index (χ2v) is 12.8. The van der Waals surface area contributed by atoms with Crippen molar-refractivity contribution in [2.24, 2.45) is 5.92 Å². The summed E-state index contributed by atoms with van der Waals surface area (Å²) < 4.78 is 14.4. The van der Waals surface area contributed by atoms with Crippen LogP contribution in [0.2, 0.25) is 0 Å². The van der Waals surface area contributed by atoms with Crippen LogP contribution in [0, 0.1) is 18.7 Å². The number of piperidine rings is 1. The summed E-state index contributed by atoms with van der Waals surface area (Å²) in [7, 11) is 0. The molecule has 1 N–H and O–H groups in total. The average molecular weight is 567 g/mol. The van der Waals surface area contributed by atoms with E-state index in [1.807, 2.05) is 45.0 Å². The number of amides is 4. The SMILES string of the molecule is Cc1c(F)cccc1C1SC(CC(=O)N2CCC(N3CCc4ccccc4NC3=O)CC2)C(=O)N1CCC(C)C. The molecule has 2 atom stereocenters. The van der Waals surface area contributed by atoms with Crippen LogP contribution in [0.25, 0.3) is 0 Å². The number of carbonyl (C=O) groups excluding carboxylic acids is 3. The van der Waals surface area contributed by atoms with Gasteiger partial charge in [-0.25, -0.2) is 9.18 Å². The van der Waals surface area contributed by atoms with Gasteiger partial charge in [0.2, 0.25) is 11.8 Å². The lowest BCUT2D eigenvalue weighted by Gasteiger charge is -2.38. The van der Waals surface area contributed by atoms with Crippen LogP contribution < -0.4 is 5.32 Å². The average Bonchev–Trinajstić information content (AvgIpc) is 3.13. The van der Waals surface area contributed by atoms with Crippen LogP contribution in [0.1, 0.15) is 61.6 Å². The molecule has 40 heavy (non-hydrogen) atoms. The lowest BCUT2D eigenvalue weighted by molar-refractivity contribution is -0.136. The Hall–Kier alpha value is -3.07. The number of halogens is 1. The maximum atomic E-state index is 14.4. The largest absolute Gasteiger partial charge is 0.342 e. The maximum Gasteiger partial charge on any atom is 0.322 e. The van der Waals surface area contributed by atoms with E-state index in [1.165, 1.54) is 17.8 Å². The molecule has 2 aromatic carbocycles. The predicted molar refractivity (Wildman–Crippen MR) is 157 cm³/mol. The van der Waals surface area contributed by atoms with Gasteiger partial charge in [-0.2, -0.15) is 0 Å². The molecular formula is C31H39FN4O3S. The van der Waals surface area contributed by atoms with Gasteiger partial charge in [-0.3, -0.25) is 9.59 Å². The summed E-state index contributed by atoms with van der Waals surface area (Å²) in [6.45, 7) is 8.36. The molecular weight excluding hydrogens is 527 g/mol. The van der Waals surface area contributed by atoms with Crippen molar-refractivity contribution in [3.63, 3.8) is 0 Å². The summed E-state index contributed by atoms with van der Waals surface area (Å²) in [5.41, 5.74) is 3.36. The fourth-order valence-electron chi connectivity index (χ4n) is 5.93. The van der Waals surface area contributed by atoms with Gasteiger partial charge in [-0.05, 0) is 67.3 Å². The molecule has 214 valence electrons. The zero-order valence-corrected chi connectivity index (χ0v) is 24.4. The van der Waals surface area contributed by atoms with E-state index >= 15 is 0 Å². The highest BCUT2D eigenvalue weighted by molar-refractivity contribution is 8.01. The molecule has 0 aliphatic carbocycles. The zero-order chi connectivity index (χ0) is 28.4. The molecule has 5 rings (SSSR count). The van der Waals surface area contributed by atoms with Gasteiger partial charge in [-0.1, -0.05) is 44.2 Å². The number of nitrogens with one attached hydrogen (secondary N) is 1. The van der Waals surface area contributed by atoms with Crippen LogP contribution in [0.15, 0.2) is 42.5 Å². The number of likely N-dealkylation sites (tertiary alicyclic amines) is 1. The van der Waals surface area contributed by atoms with Crippen LogP contribution in [-0.2, 0) is 16.0 Å². The van der Waals surface area contributed by atoms with Gasteiger partial charge < -0.3 is 20.0 Å². The number of urea groups is 1. The number of nitrogens with zero attached hydrogens (tertiary/aromatic N) is 3. The molecule has 0 aromatic heterocycles. The number of hydrogen-bond acceptors (Lipinski definition) is 4. The number of thioether (sulfide) groups is 1. The predicted octanol–water partition coefficient (Wildman–Crippen LogP) is 5.59. The molecule has 2 saturated heterocycles. The number of anilines is 1. The fraction of sp³-hybridized carbons (Fsp3) is 0.516. The smallest absolute Gasteiger partial charge is 0.322 e. The van der Waals surface area contributed by atoms with E-state index in [9.17, 15) is 18.8 Å². The Labute approximate surface area is 240 Å². The second kappa shape index (κ2) is 12.2. The van der Waals surface area contributed by atoms with Crippen LogP contribution in [0.3, 0.4) is 0 Å². The summed E-state index contributed by atoms with van der Waals surface area (Å²) in [5.74, 6) is 0.0778. The summed E-state index contributed by atoms with van der Waals surface area (Å²) in [4.78, 5) is 45.4. The van der Waals surface area contributed by atoms with Crippen molar-refractivity contribution >= 4 is 35.3 Å². The Morgan fingerprint density at radius 2 is 1.82 bits per heavy atom. The molecule has 0 saturated carbocycles. The monoisotopic (exact) mass is 566 g/mol. The van der Waals surface area contributed by atoms with Crippen molar-refractivity contribution < 1.29 is 18.8 Å². The highest BCUT2D eigenvalue weighted by Crippen LogP contribution is 2.46. The maximum absolute atomic E-state index is 14.4. The minimum atomic E-state index is -0.486. The van der Waals surface area contributed by atoms with Crippen LogP contribution in [0.4, 0.5) is 14.9 Å². The van der Waals surface area contributed by atoms with E-state index in [0.29, 0.717) is 50.5 Å². The van der Waals surface area contributed by atoms with Crippen molar-refractivity contribution in [1.29, 1.82) is 0 Å². The van der Waals surface area contributed by atoms with Gasteiger partial charge in [0, 0.05) is 44.3 Å². The normalized spacial score (nSPS) is 22.0. The summed E-state index contributed by atoms with van der Waals surface area (Å²) in [6, 6.07) is 12.9. The summed E-state index contributed by atoms with van der Waals surface area (Å²) in [6.07, 6.45) is 3.21. The van der Waals surface area contributed by atoms with Crippen LogP contribution in [0.5, 0.6) is 0 Å². The standard InChI is InChI=1S/C31H39FN4O3S/c1-20(2)11-17-36-29(38)27(40-30(36)24-8-6-9-25(32)21(24)3)19-28(37)34-15-13-23(14-16-34)35-18-12-22-7-4-5-10-26(22)33-31(35)39/h4-10,20,23,27,30H,11-19H2,1-3H3,(H,33,39). The second-order valence-electron chi connectivity index (χ2n) is 11.5. The molecule has 3 aliphatic rings. The van der Waals surface area contributed by atoms with Gasteiger partial charge >= 0.3 is 6.03 Å². The first-order valence-corrected chi connectivity index (χ1v) is 15.3. The topological polar surface area (TPSA) is 73.0 Å². The van der Waals surface area contributed by atoms with E-state index in [0.717, 1.165) is 29.7 Å². The van der Waals surface area contributed by atoms with E-state index < -0.39 is 5.25 Å². The Kier molecular flexibility index (Phi) is 8.68. The molecule has 0 bridgehead atoms. The third-order valence-electron chi connectivity index (χ3n) is 8.42. The zero-order valence-electron chi connectivity index (χ0n) is 23.6. The Balaban J connectivity index is 1.20. The van der Waals surface area contributed by atoms with E-state index in [-0.39, 0.29) is 41.5 Å². The highest BCUT2D eigenvalue weighted by Gasteiger charge is 2.43. The molecule has 4 amide bonds. The summed E-state index contributed by atoms with van der Waals surface area (Å²) >= 11 is 1.47. The lowest BCUT2D eigenvalue weighted by atomic mass is 10.0. The van der Waals surface area contributed by atoms with Crippen molar-refractivity contribution in [2.75, 3.05) is 31.5 Å². The van der Waals surface area contributed by atoms with E-state index in [1.54, 1.807) is 13.0 Å². The first-order chi connectivity index (χ1) is 19.2. The third kappa shape index (κ3) is 5.99. The Morgan fingerprint density at radius 3 is 2.58 bits per heavy atom. The van der Waals surface area contributed by atoms with E-state index in [4.69, 9.17) is 0 Å². The van der Waals surface area contributed by atoms with Crippen LogP contribution in [-0.4, -0.2) is 70.0 Å². The van der Waals surface area contributed by atoms with Gasteiger partial charge in [0.1, 0.15) is 11.2 Å². The van der Waals surface area contributed by atoms with Crippen molar-refractivity contribution in [2.45, 2.75) is 69.5 Å². The third-order valence-corrected chi connectivity index (χ3v) is 9.88. The number of fused-ring (bicyclic) bond motifs is 1. The molecule has 3 heterocycles. The number of hydrogen-bond donors (Lipinski definition) is 1. The molecule has 2 unspecified atom stereocenters. The van der Waals surface area contributed by atoms with Crippen LogP contribution >= 0.6 is 11.8 Å². The molecule has 2 aromatic rings. The van der Waals surface area contributed by atoms with Crippen molar-refractivity contribution in [3.8, 4) is 0 Å². The van der Waals surface area contributed by atoms with Gasteiger partial charge in [-0.15, -0.1) is 11.8 Å². The van der Waals surface area contributed by atoms with Crippen molar-refractivity contribution in [3.05, 3.63) is 65.0 Å². The number of carbonyl (C=O) groups is 3. The number of rotatable bonds is 7. The Bertz CT molecular complexity index is 1260.